The van der Waals surface area contributed by atoms with Gasteiger partial charge in [-0.3, -0.25) is 23.7 Å². The number of Topliss-reactive ketones (excluding diaryl/α,β-unsaturated/α-hetero) is 1. The number of imidazole rings is 1. The monoisotopic (exact) mass is 460 g/mol. The summed E-state index contributed by atoms with van der Waals surface area (Å²) in [6.07, 6.45) is 5.77. The zero-order valence-corrected chi connectivity index (χ0v) is 19.6. The SMILES string of the molecule is CC(C)=CCn1c(N2CC[C@H]3N=CC[C@H]32)nc2c1c(=O)n(CC(=O)c1ccccc1)c(=O)n2C. The van der Waals surface area contributed by atoms with E-state index in [2.05, 4.69) is 9.89 Å². The lowest BCUT2D eigenvalue weighted by atomic mass is 10.1. The fourth-order valence-electron chi connectivity index (χ4n) is 4.87. The van der Waals surface area contributed by atoms with Gasteiger partial charge in [-0.15, -0.1) is 0 Å². The summed E-state index contributed by atoms with van der Waals surface area (Å²) in [5, 5.41) is 0. The van der Waals surface area contributed by atoms with Crippen LogP contribution < -0.4 is 16.1 Å². The molecular formula is C25H28N6O3. The molecule has 0 saturated carbocycles. The van der Waals surface area contributed by atoms with Gasteiger partial charge < -0.3 is 9.47 Å². The van der Waals surface area contributed by atoms with E-state index in [0.717, 1.165) is 29.5 Å². The minimum Gasteiger partial charge on any atom is -0.337 e. The molecule has 9 heteroatoms. The molecule has 0 bridgehead atoms. The highest BCUT2D eigenvalue weighted by atomic mass is 16.2. The van der Waals surface area contributed by atoms with Crippen LogP contribution in [0.4, 0.5) is 5.95 Å². The predicted octanol–water partition coefficient (Wildman–Crippen LogP) is 2.17. The van der Waals surface area contributed by atoms with Crippen molar-refractivity contribution in [2.45, 2.75) is 51.9 Å². The van der Waals surface area contributed by atoms with Crippen molar-refractivity contribution in [3.8, 4) is 0 Å². The van der Waals surface area contributed by atoms with Gasteiger partial charge in [0.15, 0.2) is 16.9 Å². The minimum absolute atomic E-state index is 0.209. The number of aliphatic imine (C=N–C) groups is 1. The Labute approximate surface area is 196 Å². The number of rotatable bonds is 6. The normalized spacial score (nSPS) is 19.1. The Bertz CT molecular complexity index is 1440. The average Bonchev–Trinajstić information content (AvgIpc) is 3.54. The quantitative estimate of drug-likeness (QED) is 0.415. The van der Waals surface area contributed by atoms with Crippen LogP contribution in [0.15, 0.2) is 56.6 Å². The summed E-state index contributed by atoms with van der Waals surface area (Å²) in [5.41, 5.74) is 1.18. The standard InChI is InChI=1S/C25H28N6O3/c1-16(2)10-13-30-21-22(27-24(30)29-14-11-18-19(29)9-12-26-18)28(3)25(34)31(23(21)33)15-20(32)17-7-5-4-6-8-17/h4-8,10,12,18-19H,9,11,13-15H2,1-3H3/t18-,19-/m1/s1. The summed E-state index contributed by atoms with van der Waals surface area (Å²) in [5.74, 6) is 0.380. The van der Waals surface area contributed by atoms with Crippen LogP contribution in [0.1, 0.15) is 37.0 Å². The number of aryl methyl sites for hydroxylation is 1. The van der Waals surface area contributed by atoms with Gasteiger partial charge in [-0.05, 0) is 20.3 Å². The Hall–Kier alpha value is -3.75. The molecule has 5 rings (SSSR count). The number of allylic oxidation sites excluding steroid dienone is 2. The molecule has 2 aliphatic rings. The van der Waals surface area contributed by atoms with Crippen molar-refractivity contribution in [2.24, 2.45) is 12.0 Å². The molecule has 176 valence electrons. The highest BCUT2D eigenvalue weighted by Crippen LogP contribution is 2.32. The second-order valence-corrected chi connectivity index (χ2v) is 9.18. The van der Waals surface area contributed by atoms with Gasteiger partial charge in [0.05, 0.1) is 18.6 Å². The van der Waals surface area contributed by atoms with Gasteiger partial charge in [-0.25, -0.2) is 4.79 Å². The molecular weight excluding hydrogens is 432 g/mol. The van der Waals surface area contributed by atoms with Crippen LogP contribution in [0.25, 0.3) is 11.2 Å². The van der Waals surface area contributed by atoms with Gasteiger partial charge in [0.25, 0.3) is 5.56 Å². The maximum atomic E-state index is 13.7. The van der Waals surface area contributed by atoms with Gasteiger partial charge in [0.1, 0.15) is 0 Å². The Morgan fingerprint density at radius 2 is 1.91 bits per heavy atom. The van der Waals surface area contributed by atoms with E-state index in [4.69, 9.17) is 4.98 Å². The number of aromatic nitrogens is 4. The molecule has 1 saturated heterocycles. The van der Waals surface area contributed by atoms with Gasteiger partial charge in [-0.2, -0.15) is 4.98 Å². The summed E-state index contributed by atoms with van der Waals surface area (Å²) in [7, 11) is 1.60. The first-order valence-corrected chi connectivity index (χ1v) is 11.6. The van der Waals surface area contributed by atoms with Crippen molar-refractivity contribution in [3.63, 3.8) is 0 Å². The molecule has 0 aliphatic carbocycles. The first-order valence-electron chi connectivity index (χ1n) is 11.6. The predicted molar refractivity (Wildman–Crippen MR) is 132 cm³/mol. The maximum Gasteiger partial charge on any atom is 0.332 e. The molecule has 0 N–H and O–H groups in total. The van der Waals surface area contributed by atoms with E-state index in [9.17, 15) is 14.4 Å². The van der Waals surface area contributed by atoms with E-state index >= 15 is 0 Å². The van der Waals surface area contributed by atoms with E-state index in [0.29, 0.717) is 29.2 Å². The zero-order chi connectivity index (χ0) is 24.0. The summed E-state index contributed by atoms with van der Waals surface area (Å²) >= 11 is 0. The Morgan fingerprint density at radius 3 is 2.65 bits per heavy atom. The minimum atomic E-state index is -0.552. The number of hydrogen-bond donors (Lipinski definition) is 0. The van der Waals surface area contributed by atoms with Crippen LogP contribution in [0, 0.1) is 0 Å². The zero-order valence-electron chi connectivity index (χ0n) is 19.6. The van der Waals surface area contributed by atoms with Crippen LogP contribution in [0.5, 0.6) is 0 Å². The fourth-order valence-corrected chi connectivity index (χ4v) is 4.87. The van der Waals surface area contributed by atoms with Gasteiger partial charge in [-0.1, -0.05) is 42.0 Å². The second kappa shape index (κ2) is 8.55. The van der Waals surface area contributed by atoms with Crippen molar-refractivity contribution in [1.29, 1.82) is 0 Å². The van der Waals surface area contributed by atoms with Gasteiger partial charge in [0.2, 0.25) is 5.95 Å². The molecule has 4 heterocycles. The number of benzene rings is 1. The third-order valence-corrected chi connectivity index (χ3v) is 6.70. The molecule has 2 aliphatic heterocycles. The van der Waals surface area contributed by atoms with E-state index in [1.807, 2.05) is 36.8 Å². The van der Waals surface area contributed by atoms with Crippen LogP contribution >= 0.6 is 0 Å². The second-order valence-electron chi connectivity index (χ2n) is 9.18. The number of nitrogens with zero attached hydrogens (tertiary/aromatic N) is 6. The van der Waals surface area contributed by atoms with Crippen LogP contribution in [0.3, 0.4) is 0 Å². The lowest BCUT2D eigenvalue weighted by molar-refractivity contribution is 0.0969. The number of carbonyl (C=O) groups is 1. The summed E-state index contributed by atoms with van der Waals surface area (Å²) < 4.78 is 4.28. The number of ketones is 1. The number of carbonyl (C=O) groups excluding carboxylic acids is 1. The third-order valence-electron chi connectivity index (χ3n) is 6.70. The molecule has 0 radical (unpaired) electrons. The first kappa shape index (κ1) is 22.1. The molecule has 0 unspecified atom stereocenters. The van der Waals surface area contributed by atoms with Gasteiger partial charge >= 0.3 is 5.69 Å². The summed E-state index contributed by atoms with van der Waals surface area (Å²) in [4.78, 5) is 51.2. The number of anilines is 1. The molecule has 1 fully saturated rings. The topological polar surface area (TPSA) is 94.5 Å². The summed E-state index contributed by atoms with van der Waals surface area (Å²) in [6, 6.07) is 9.14. The van der Waals surface area contributed by atoms with E-state index in [1.165, 1.54) is 4.57 Å². The molecule has 0 spiro atoms. The van der Waals surface area contributed by atoms with E-state index < -0.39 is 11.2 Å². The van der Waals surface area contributed by atoms with E-state index in [-0.39, 0.29) is 24.4 Å². The summed E-state index contributed by atoms with van der Waals surface area (Å²) in [6.45, 7) is 4.92. The Balaban J connectivity index is 1.67. The highest BCUT2D eigenvalue weighted by Gasteiger charge is 2.38. The lowest BCUT2D eigenvalue weighted by Crippen LogP contribution is -2.41. The van der Waals surface area contributed by atoms with Crippen molar-refractivity contribution in [1.82, 2.24) is 18.7 Å². The molecule has 9 nitrogen and oxygen atoms in total. The molecule has 2 atom stereocenters. The number of hydrogen-bond acceptors (Lipinski definition) is 6. The number of fused-ring (bicyclic) bond motifs is 2. The first-order chi connectivity index (χ1) is 16.4. The maximum absolute atomic E-state index is 13.7. The molecule has 1 aromatic carbocycles. The third kappa shape index (κ3) is 3.61. The van der Waals surface area contributed by atoms with Crippen molar-refractivity contribution in [3.05, 3.63) is 68.4 Å². The smallest absolute Gasteiger partial charge is 0.332 e. The molecule has 0 amide bonds. The molecule has 3 aromatic rings. The largest absolute Gasteiger partial charge is 0.337 e. The van der Waals surface area contributed by atoms with Gasteiger partial charge in [0, 0.05) is 38.3 Å². The average molecular weight is 461 g/mol. The lowest BCUT2D eigenvalue weighted by Gasteiger charge is -2.24. The van der Waals surface area contributed by atoms with Crippen LogP contribution in [-0.4, -0.2) is 49.3 Å². The molecule has 2 aromatic heterocycles. The fraction of sp³-hybridized carbons (Fsp3) is 0.400. The van der Waals surface area contributed by atoms with E-state index in [1.54, 1.807) is 31.3 Å². The molecule has 34 heavy (non-hydrogen) atoms. The van der Waals surface area contributed by atoms with Crippen LogP contribution in [0.2, 0.25) is 0 Å². The Morgan fingerprint density at radius 1 is 1.15 bits per heavy atom. The van der Waals surface area contributed by atoms with Crippen molar-refractivity contribution in [2.75, 3.05) is 11.4 Å². The highest BCUT2D eigenvalue weighted by molar-refractivity contribution is 5.96. The Kier molecular flexibility index (Phi) is 5.55. The van der Waals surface area contributed by atoms with Crippen molar-refractivity contribution >= 4 is 29.1 Å². The van der Waals surface area contributed by atoms with Crippen molar-refractivity contribution < 1.29 is 4.79 Å². The van der Waals surface area contributed by atoms with Crippen LogP contribution in [-0.2, 0) is 20.1 Å².